The van der Waals surface area contributed by atoms with Gasteiger partial charge in [-0.2, -0.15) is 0 Å². The van der Waals surface area contributed by atoms with Crippen molar-refractivity contribution in [3.63, 3.8) is 0 Å². The number of Topliss-reactive ketones (excluding diaryl/α,β-unsaturated/α-hetero) is 1. The molecule has 2 saturated carbocycles. The molecule has 0 aromatic carbocycles. The number of nitrogens with one attached hydrogen (secondary N) is 3. The predicted octanol–water partition coefficient (Wildman–Crippen LogP) is 1.60. The van der Waals surface area contributed by atoms with Crippen molar-refractivity contribution in [1.82, 2.24) is 25.8 Å². The van der Waals surface area contributed by atoms with Gasteiger partial charge >= 0.3 is 6.03 Å². The highest BCUT2D eigenvalue weighted by molar-refractivity contribution is 6.37. The largest absolute Gasteiger partial charge is 0.376 e. The zero-order valence-corrected chi connectivity index (χ0v) is 28.5. The second kappa shape index (κ2) is 12.6. The van der Waals surface area contributed by atoms with Gasteiger partial charge in [0.15, 0.2) is 0 Å². The van der Waals surface area contributed by atoms with Gasteiger partial charge in [0.25, 0.3) is 5.91 Å². The highest BCUT2D eigenvalue weighted by Gasteiger charge is 2.70. The molecule has 0 aromatic heterocycles. The number of carbonyl (C=O) groups is 5. The molecule has 1 heterocycles. The Bertz CT molecular complexity index is 1140. The SMILES string of the molecule is CC(C)N(C)C(O)[C@@H](NC(=O)N[C@H](C(=O)N1C[C@H]2[C@@H]([C@H]1C(=O)NC(CC1CC1)C(=O)C(N)=O)C2(C)C)C(C)(C)C)C(C)(C)C. The van der Waals surface area contributed by atoms with Gasteiger partial charge in [-0.1, -0.05) is 68.2 Å². The van der Waals surface area contributed by atoms with E-state index in [2.05, 4.69) is 29.8 Å². The van der Waals surface area contributed by atoms with Crippen LogP contribution in [0.5, 0.6) is 0 Å². The molecular weight excluding hydrogens is 564 g/mol. The number of rotatable bonds is 12. The lowest BCUT2D eigenvalue weighted by molar-refractivity contribution is -0.145. The van der Waals surface area contributed by atoms with Crippen LogP contribution in [0.2, 0.25) is 0 Å². The lowest BCUT2D eigenvalue weighted by atomic mass is 9.84. The Morgan fingerprint density at radius 2 is 1.55 bits per heavy atom. The number of nitrogens with zero attached hydrogens (tertiary/aromatic N) is 2. The van der Waals surface area contributed by atoms with E-state index in [1.165, 1.54) is 4.90 Å². The highest BCUT2D eigenvalue weighted by atomic mass is 16.3. The van der Waals surface area contributed by atoms with E-state index in [1.54, 1.807) is 11.9 Å². The van der Waals surface area contributed by atoms with Crippen LogP contribution < -0.4 is 21.7 Å². The molecular formula is C32H56N6O6. The van der Waals surface area contributed by atoms with Gasteiger partial charge in [0, 0.05) is 12.6 Å². The molecule has 44 heavy (non-hydrogen) atoms. The first-order valence-corrected chi connectivity index (χ1v) is 15.9. The number of likely N-dealkylation sites (N-methyl/N-ethyl adjacent to an activating group) is 1. The zero-order chi connectivity index (χ0) is 33.7. The second-order valence-corrected chi connectivity index (χ2v) is 16.3. The fourth-order valence-electron chi connectivity index (χ4n) is 6.57. The number of carbonyl (C=O) groups excluding carboxylic acids is 5. The third-order valence-electron chi connectivity index (χ3n) is 10.0. The number of hydrogen-bond donors (Lipinski definition) is 5. The molecule has 2 unspecified atom stereocenters. The molecule has 5 amide bonds. The summed E-state index contributed by atoms with van der Waals surface area (Å²) in [4.78, 5) is 69.2. The van der Waals surface area contributed by atoms with E-state index in [0.29, 0.717) is 13.0 Å². The van der Waals surface area contributed by atoms with E-state index in [0.717, 1.165) is 12.8 Å². The number of likely N-dealkylation sites (tertiary alicyclic amines) is 1. The Labute approximate surface area is 262 Å². The average Bonchev–Trinajstić information content (AvgIpc) is 3.74. The monoisotopic (exact) mass is 620 g/mol. The molecule has 3 aliphatic rings. The number of aliphatic hydroxyl groups excluding tert-OH is 1. The molecule has 1 saturated heterocycles. The number of hydrogen-bond acceptors (Lipinski definition) is 7. The van der Waals surface area contributed by atoms with Gasteiger partial charge in [-0.15, -0.1) is 0 Å². The van der Waals surface area contributed by atoms with Crippen LogP contribution in [0.15, 0.2) is 0 Å². The molecule has 2 aliphatic carbocycles. The molecule has 6 N–H and O–H groups in total. The second-order valence-electron chi connectivity index (χ2n) is 16.3. The summed E-state index contributed by atoms with van der Waals surface area (Å²) in [5.74, 6) is -2.61. The molecule has 0 radical (unpaired) electrons. The van der Waals surface area contributed by atoms with Gasteiger partial charge in [0.1, 0.15) is 18.3 Å². The van der Waals surface area contributed by atoms with Gasteiger partial charge in [0.2, 0.25) is 17.6 Å². The molecule has 0 aromatic rings. The highest BCUT2D eigenvalue weighted by Crippen LogP contribution is 2.65. The molecule has 250 valence electrons. The van der Waals surface area contributed by atoms with E-state index < -0.39 is 70.8 Å². The van der Waals surface area contributed by atoms with Gasteiger partial charge in [-0.3, -0.25) is 24.1 Å². The van der Waals surface area contributed by atoms with Crippen LogP contribution in [0.25, 0.3) is 0 Å². The first-order valence-electron chi connectivity index (χ1n) is 15.9. The van der Waals surface area contributed by atoms with E-state index >= 15 is 0 Å². The summed E-state index contributed by atoms with van der Waals surface area (Å²) in [5, 5.41) is 19.6. The summed E-state index contributed by atoms with van der Waals surface area (Å²) in [6.45, 7) is 19.6. The van der Waals surface area contributed by atoms with Crippen LogP contribution in [-0.2, 0) is 19.2 Å². The first-order chi connectivity index (χ1) is 20.0. The number of primary amides is 1. The third-order valence-corrected chi connectivity index (χ3v) is 10.0. The molecule has 0 bridgehead atoms. The molecule has 3 fully saturated rings. The van der Waals surface area contributed by atoms with Crippen LogP contribution in [0.3, 0.4) is 0 Å². The quantitative estimate of drug-likeness (QED) is 0.163. The first kappa shape index (κ1) is 35.7. The Balaban J connectivity index is 1.84. The normalized spacial score (nSPS) is 25.5. The van der Waals surface area contributed by atoms with E-state index in [4.69, 9.17) is 5.73 Å². The molecule has 3 rings (SSSR count). The minimum Gasteiger partial charge on any atom is -0.376 e. The summed E-state index contributed by atoms with van der Waals surface area (Å²) in [5.41, 5.74) is 3.88. The maximum Gasteiger partial charge on any atom is 0.315 e. The van der Waals surface area contributed by atoms with Crippen molar-refractivity contribution in [1.29, 1.82) is 0 Å². The Kier molecular flexibility index (Phi) is 10.2. The van der Waals surface area contributed by atoms with E-state index in [1.807, 2.05) is 55.4 Å². The van der Waals surface area contributed by atoms with Gasteiger partial charge in [-0.05, 0) is 61.3 Å². The van der Waals surface area contributed by atoms with Crippen molar-refractivity contribution in [2.75, 3.05) is 13.6 Å². The van der Waals surface area contributed by atoms with Crippen molar-refractivity contribution < 1.29 is 29.1 Å². The van der Waals surface area contributed by atoms with Gasteiger partial charge in [-0.25, -0.2) is 4.79 Å². The van der Waals surface area contributed by atoms with Gasteiger partial charge < -0.3 is 31.7 Å². The summed E-state index contributed by atoms with van der Waals surface area (Å²) in [7, 11) is 1.78. The number of piperidine rings is 1. The van der Waals surface area contributed by atoms with Crippen molar-refractivity contribution in [2.24, 2.45) is 39.7 Å². The minimum absolute atomic E-state index is 0.0275. The number of ketones is 1. The number of fused-ring (bicyclic) bond motifs is 1. The van der Waals surface area contributed by atoms with Crippen molar-refractivity contribution in [2.45, 2.75) is 125 Å². The predicted molar refractivity (Wildman–Crippen MR) is 167 cm³/mol. The average molecular weight is 621 g/mol. The van der Waals surface area contributed by atoms with Crippen molar-refractivity contribution in [3.8, 4) is 0 Å². The van der Waals surface area contributed by atoms with E-state index in [-0.39, 0.29) is 29.2 Å². The third kappa shape index (κ3) is 7.73. The van der Waals surface area contributed by atoms with Gasteiger partial charge in [0.05, 0.1) is 12.1 Å². The number of urea groups is 1. The Morgan fingerprint density at radius 3 is 2.00 bits per heavy atom. The van der Waals surface area contributed by atoms with Crippen LogP contribution in [0.1, 0.15) is 88.5 Å². The molecule has 12 nitrogen and oxygen atoms in total. The summed E-state index contributed by atoms with van der Waals surface area (Å²) in [6.07, 6.45) is 1.21. The summed E-state index contributed by atoms with van der Waals surface area (Å²) < 4.78 is 0. The van der Waals surface area contributed by atoms with Crippen LogP contribution in [0, 0.1) is 34.0 Å². The van der Waals surface area contributed by atoms with Crippen LogP contribution in [-0.4, -0.2) is 94.5 Å². The maximum absolute atomic E-state index is 14.3. The van der Waals surface area contributed by atoms with Crippen molar-refractivity contribution in [3.05, 3.63) is 0 Å². The smallest absolute Gasteiger partial charge is 0.315 e. The Hall–Kier alpha value is -2.73. The fraction of sp³-hybridized carbons (Fsp3) is 0.844. The lowest BCUT2D eigenvalue weighted by Gasteiger charge is -2.41. The minimum atomic E-state index is -1.10. The van der Waals surface area contributed by atoms with Crippen LogP contribution in [0.4, 0.5) is 4.79 Å². The molecule has 12 heteroatoms. The molecule has 7 atom stereocenters. The summed E-state index contributed by atoms with van der Waals surface area (Å²) in [6, 6.07) is -4.11. The van der Waals surface area contributed by atoms with Crippen LogP contribution >= 0.6 is 0 Å². The maximum atomic E-state index is 14.3. The van der Waals surface area contributed by atoms with E-state index in [9.17, 15) is 29.1 Å². The lowest BCUT2D eigenvalue weighted by Crippen LogP contribution is -2.64. The Morgan fingerprint density at radius 1 is 0.977 bits per heavy atom. The summed E-state index contributed by atoms with van der Waals surface area (Å²) >= 11 is 0. The molecule has 0 spiro atoms. The fourth-order valence-corrected chi connectivity index (χ4v) is 6.57. The van der Waals surface area contributed by atoms with Crippen molar-refractivity contribution >= 4 is 29.5 Å². The standard InChI is InChI=1S/C32H56N6O6/c1-16(2)37(11)27(42)23(30(3,4)5)35-29(44)36-24(31(6,7)8)28(43)38-15-18-20(32(18,9)10)21(38)26(41)34-19(14-17-12-13-17)22(39)25(33)40/h16-21,23-24,27,42H,12-15H2,1-11H3,(H2,33,40)(H,34,41)(H2,35,36,44)/t18-,19?,20-,21-,23+,24+,27?/m0/s1. The number of aliphatic hydroxyl groups is 1. The topological polar surface area (TPSA) is 174 Å². The number of nitrogens with two attached hydrogens (primary N) is 1. The number of amides is 5. The molecule has 1 aliphatic heterocycles. The zero-order valence-electron chi connectivity index (χ0n) is 28.5.